The van der Waals surface area contributed by atoms with Crippen LogP contribution in [0.1, 0.15) is 49.3 Å². The second-order valence-electron chi connectivity index (χ2n) is 5.77. The number of aryl methyl sites for hydroxylation is 2. The van der Waals surface area contributed by atoms with E-state index in [0.29, 0.717) is 18.5 Å². The van der Waals surface area contributed by atoms with Crippen LogP contribution in [0.15, 0.2) is 10.6 Å². The molecule has 1 aliphatic rings. The summed E-state index contributed by atoms with van der Waals surface area (Å²) in [4.78, 5) is 4.60. The minimum atomic E-state index is 0.386. The lowest BCUT2D eigenvalue weighted by Gasteiger charge is -2.23. The molecule has 6 nitrogen and oxygen atoms in total. The maximum Gasteiger partial charge on any atom is 0.153 e. The number of nitrogens with one attached hydrogen (secondary N) is 1. The van der Waals surface area contributed by atoms with Crippen molar-refractivity contribution >= 4 is 0 Å². The van der Waals surface area contributed by atoms with Crippen LogP contribution >= 0.6 is 0 Å². The summed E-state index contributed by atoms with van der Waals surface area (Å²) < 4.78 is 7.26. The Labute approximate surface area is 118 Å². The van der Waals surface area contributed by atoms with Crippen molar-refractivity contribution in [2.24, 2.45) is 0 Å². The van der Waals surface area contributed by atoms with Gasteiger partial charge in [0.15, 0.2) is 11.6 Å². The maximum atomic E-state index is 5.21. The molecular formula is C14H21N5O. The Hall–Kier alpha value is -1.69. The normalized spacial score (nSPS) is 18.5. The summed E-state index contributed by atoms with van der Waals surface area (Å²) in [7, 11) is 0. The minimum absolute atomic E-state index is 0.386. The standard InChI is InChI=1S/C14H21N5O/c1-9(2)14-16-13-5-4-11(8-19(13)17-14)15-7-12-6-10(3)18-20-12/h6,9,11,15H,4-5,7-8H2,1-3H3/t11-/m1/s1. The third kappa shape index (κ3) is 2.75. The van der Waals surface area contributed by atoms with Gasteiger partial charge in [-0.1, -0.05) is 19.0 Å². The van der Waals surface area contributed by atoms with Crippen LogP contribution in [0.4, 0.5) is 0 Å². The molecule has 0 unspecified atom stereocenters. The van der Waals surface area contributed by atoms with Gasteiger partial charge in [0.1, 0.15) is 5.82 Å². The van der Waals surface area contributed by atoms with E-state index in [4.69, 9.17) is 4.52 Å². The SMILES string of the molecule is Cc1cc(CN[C@@H]2CCc3nc(C(C)C)nn3C2)on1. The molecule has 3 heterocycles. The number of aromatic nitrogens is 4. The van der Waals surface area contributed by atoms with Crippen molar-refractivity contribution in [1.29, 1.82) is 0 Å². The largest absolute Gasteiger partial charge is 0.360 e. The molecule has 0 aliphatic carbocycles. The third-order valence-electron chi connectivity index (χ3n) is 3.63. The first-order valence-corrected chi connectivity index (χ1v) is 7.21. The van der Waals surface area contributed by atoms with E-state index in [-0.39, 0.29) is 0 Å². The molecule has 0 radical (unpaired) electrons. The average Bonchev–Trinajstić information content (AvgIpc) is 3.01. The molecular weight excluding hydrogens is 254 g/mol. The lowest BCUT2D eigenvalue weighted by Crippen LogP contribution is -2.37. The summed E-state index contributed by atoms with van der Waals surface area (Å²) in [6.07, 6.45) is 2.07. The molecule has 1 N–H and O–H groups in total. The van der Waals surface area contributed by atoms with Gasteiger partial charge in [-0.3, -0.25) is 0 Å². The monoisotopic (exact) mass is 275 g/mol. The van der Waals surface area contributed by atoms with E-state index in [1.165, 1.54) is 0 Å². The molecule has 6 heteroatoms. The lowest BCUT2D eigenvalue weighted by molar-refractivity contribution is 0.323. The van der Waals surface area contributed by atoms with E-state index >= 15 is 0 Å². The molecule has 1 atom stereocenters. The Morgan fingerprint density at radius 1 is 1.50 bits per heavy atom. The zero-order chi connectivity index (χ0) is 14.1. The second-order valence-corrected chi connectivity index (χ2v) is 5.77. The number of rotatable bonds is 4. The van der Waals surface area contributed by atoms with Crippen molar-refractivity contribution < 1.29 is 4.52 Å². The molecule has 0 spiro atoms. The minimum Gasteiger partial charge on any atom is -0.360 e. The molecule has 0 bridgehead atoms. The molecule has 2 aromatic rings. The van der Waals surface area contributed by atoms with Gasteiger partial charge in [-0.25, -0.2) is 9.67 Å². The quantitative estimate of drug-likeness (QED) is 0.921. The molecule has 3 rings (SSSR count). The van der Waals surface area contributed by atoms with E-state index in [0.717, 1.165) is 42.5 Å². The first-order valence-electron chi connectivity index (χ1n) is 7.21. The highest BCUT2D eigenvalue weighted by Gasteiger charge is 2.22. The molecule has 0 saturated carbocycles. The highest BCUT2D eigenvalue weighted by molar-refractivity contribution is 5.04. The molecule has 0 amide bonds. The summed E-state index contributed by atoms with van der Waals surface area (Å²) in [6, 6.07) is 2.38. The summed E-state index contributed by atoms with van der Waals surface area (Å²) in [5.41, 5.74) is 0.922. The van der Waals surface area contributed by atoms with Crippen molar-refractivity contribution in [3.8, 4) is 0 Å². The van der Waals surface area contributed by atoms with Crippen LogP contribution in [0.5, 0.6) is 0 Å². The van der Waals surface area contributed by atoms with E-state index in [1.807, 2.05) is 17.7 Å². The first-order chi connectivity index (χ1) is 9.61. The van der Waals surface area contributed by atoms with Crippen LogP contribution in [-0.4, -0.2) is 26.0 Å². The molecule has 20 heavy (non-hydrogen) atoms. The predicted octanol–water partition coefficient (Wildman–Crippen LogP) is 1.80. The second kappa shape index (κ2) is 5.36. The summed E-state index contributed by atoms with van der Waals surface area (Å²) in [6.45, 7) is 7.78. The van der Waals surface area contributed by atoms with Crippen molar-refractivity contribution in [3.05, 3.63) is 29.2 Å². The van der Waals surface area contributed by atoms with Gasteiger partial charge in [-0.2, -0.15) is 5.10 Å². The predicted molar refractivity (Wildman–Crippen MR) is 74.3 cm³/mol. The first kappa shape index (κ1) is 13.3. The zero-order valence-electron chi connectivity index (χ0n) is 12.3. The van der Waals surface area contributed by atoms with Crippen LogP contribution < -0.4 is 5.32 Å². The highest BCUT2D eigenvalue weighted by Crippen LogP contribution is 2.17. The number of hydrogen-bond acceptors (Lipinski definition) is 5. The Morgan fingerprint density at radius 2 is 2.35 bits per heavy atom. The third-order valence-corrected chi connectivity index (χ3v) is 3.63. The van der Waals surface area contributed by atoms with E-state index < -0.39 is 0 Å². The van der Waals surface area contributed by atoms with Crippen molar-refractivity contribution in [1.82, 2.24) is 25.2 Å². The molecule has 0 fully saturated rings. The number of hydrogen-bond donors (Lipinski definition) is 1. The highest BCUT2D eigenvalue weighted by atomic mass is 16.5. The van der Waals surface area contributed by atoms with Crippen LogP contribution in [0.25, 0.3) is 0 Å². The van der Waals surface area contributed by atoms with Crippen LogP contribution in [0.2, 0.25) is 0 Å². The van der Waals surface area contributed by atoms with Gasteiger partial charge in [-0.15, -0.1) is 0 Å². The summed E-state index contributed by atoms with van der Waals surface area (Å²) >= 11 is 0. The van der Waals surface area contributed by atoms with Gasteiger partial charge >= 0.3 is 0 Å². The molecule has 1 aliphatic heterocycles. The van der Waals surface area contributed by atoms with Crippen molar-refractivity contribution in [3.63, 3.8) is 0 Å². The average molecular weight is 275 g/mol. The summed E-state index contributed by atoms with van der Waals surface area (Å²) in [5.74, 6) is 3.33. The fourth-order valence-corrected chi connectivity index (χ4v) is 2.48. The number of fused-ring (bicyclic) bond motifs is 1. The molecule has 0 aromatic carbocycles. The van der Waals surface area contributed by atoms with Crippen LogP contribution in [0, 0.1) is 6.92 Å². The topological polar surface area (TPSA) is 68.8 Å². The molecule has 2 aromatic heterocycles. The van der Waals surface area contributed by atoms with Gasteiger partial charge < -0.3 is 9.84 Å². The molecule has 108 valence electrons. The van der Waals surface area contributed by atoms with Gasteiger partial charge in [0.05, 0.1) is 18.8 Å². The van der Waals surface area contributed by atoms with E-state index in [1.54, 1.807) is 0 Å². The van der Waals surface area contributed by atoms with Gasteiger partial charge in [-0.05, 0) is 13.3 Å². The lowest BCUT2D eigenvalue weighted by atomic mass is 10.1. The smallest absolute Gasteiger partial charge is 0.153 e. The number of nitrogens with zero attached hydrogens (tertiary/aromatic N) is 4. The zero-order valence-corrected chi connectivity index (χ0v) is 12.3. The van der Waals surface area contributed by atoms with E-state index in [2.05, 4.69) is 34.4 Å². The van der Waals surface area contributed by atoms with Crippen LogP contribution in [0.3, 0.4) is 0 Å². The Balaban J connectivity index is 1.60. The molecule has 0 saturated heterocycles. The van der Waals surface area contributed by atoms with Crippen molar-refractivity contribution in [2.75, 3.05) is 0 Å². The summed E-state index contributed by atoms with van der Waals surface area (Å²) in [5, 5.41) is 12.0. The van der Waals surface area contributed by atoms with Crippen LogP contribution in [-0.2, 0) is 19.5 Å². The van der Waals surface area contributed by atoms with Gasteiger partial charge in [0.2, 0.25) is 0 Å². The van der Waals surface area contributed by atoms with Gasteiger partial charge in [0, 0.05) is 24.4 Å². The Bertz CT molecular complexity index is 586. The Kier molecular flexibility index (Phi) is 3.56. The van der Waals surface area contributed by atoms with Gasteiger partial charge in [0.25, 0.3) is 0 Å². The Morgan fingerprint density at radius 3 is 3.05 bits per heavy atom. The van der Waals surface area contributed by atoms with E-state index in [9.17, 15) is 0 Å². The fraction of sp³-hybridized carbons (Fsp3) is 0.643. The maximum absolute atomic E-state index is 5.21. The fourth-order valence-electron chi connectivity index (χ4n) is 2.48. The van der Waals surface area contributed by atoms with Crippen molar-refractivity contribution in [2.45, 2.75) is 58.7 Å².